The Morgan fingerprint density at radius 2 is 1.37 bits per heavy atom. The van der Waals surface area contributed by atoms with Crippen LogP contribution in [0, 0.1) is 11.3 Å². The number of hydrogen-bond acceptors (Lipinski definition) is 3. The molecule has 0 saturated carbocycles. The highest BCUT2D eigenvalue weighted by atomic mass is 16.2. The van der Waals surface area contributed by atoms with Crippen LogP contribution in [0.4, 0.5) is 0 Å². The van der Waals surface area contributed by atoms with Crippen molar-refractivity contribution in [2.24, 2.45) is 0 Å². The number of benzene rings is 2. The van der Waals surface area contributed by atoms with E-state index >= 15 is 0 Å². The van der Waals surface area contributed by atoms with Crippen LogP contribution in [0.1, 0.15) is 29.9 Å². The third kappa shape index (κ3) is 4.53. The molecule has 1 fully saturated rings. The first-order valence-corrected chi connectivity index (χ1v) is 9.24. The lowest BCUT2D eigenvalue weighted by Crippen LogP contribution is -2.39. The summed E-state index contributed by atoms with van der Waals surface area (Å²) in [5, 5.41) is 8.74. The summed E-state index contributed by atoms with van der Waals surface area (Å²) in [4.78, 5) is 29.0. The number of amides is 2. The molecule has 0 bridgehead atoms. The molecule has 0 N–H and O–H groups in total. The van der Waals surface area contributed by atoms with Crippen molar-refractivity contribution in [1.82, 2.24) is 9.80 Å². The Morgan fingerprint density at radius 3 is 1.93 bits per heavy atom. The quantitative estimate of drug-likeness (QED) is 0.841. The normalized spacial score (nSPS) is 14.5. The zero-order valence-electron chi connectivity index (χ0n) is 15.3. The average molecular weight is 361 g/mol. The van der Waals surface area contributed by atoms with Crippen LogP contribution >= 0.6 is 0 Å². The maximum Gasteiger partial charge on any atom is 0.236 e. The molecular weight excluding hydrogens is 338 g/mol. The second-order valence-corrected chi connectivity index (χ2v) is 6.65. The standard InChI is InChI=1S/C22H23N3O2/c23-13-12-20(26)24-14-7-15-25(17-16-24)22(27)21(18-8-3-1-4-9-18)19-10-5-2-6-11-19/h1-6,8-11,21H,7,12,14-17H2. The lowest BCUT2D eigenvalue weighted by Gasteiger charge is -2.27. The van der Waals surface area contributed by atoms with Crippen LogP contribution < -0.4 is 0 Å². The summed E-state index contributed by atoms with van der Waals surface area (Å²) in [6.45, 7) is 2.17. The van der Waals surface area contributed by atoms with Gasteiger partial charge in [0, 0.05) is 26.2 Å². The topological polar surface area (TPSA) is 64.4 Å². The number of rotatable bonds is 4. The SMILES string of the molecule is N#CCC(=O)N1CCCN(C(=O)C(c2ccccc2)c2ccccc2)CC1. The van der Waals surface area contributed by atoms with Crippen LogP contribution in [0.25, 0.3) is 0 Å². The molecule has 0 radical (unpaired) electrons. The maximum atomic E-state index is 13.4. The number of carbonyl (C=O) groups is 2. The number of carbonyl (C=O) groups excluding carboxylic acids is 2. The summed E-state index contributed by atoms with van der Waals surface area (Å²) >= 11 is 0. The van der Waals surface area contributed by atoms with E-state index in [1.54, 1.807) is 4.90 Å². The molecule has 1 aliphatic rings. The zero-order chi connectivity index (χ0) is 19.1. The van der Waals surface area contributed by atoms with Gasteiger partial charge in [-0.05, 0) is 17.5 Å². The van der Waals surface area contributed by atoms with Crippen molar-refractivity contribution in [3.63, 3.8) is 0 Å². The van der Waals surface area contributed by atoms with Gasteiger partial charge >= 0.3 is 0 Å². The van der Waals surface area contributed by atoms with Crippen LogP contribution in [-0.2, 0) is 9.59 Å². The smallest absolute Gasteiger partial charge is 0.236 e. The minimum absolute atomic E-state index is 0.0574. The molecular formula is C22H23N3O2. The highest BCUT2D eigenvalue weighted by Crippen LogP contribution is 2.27. The molecule has 0 aliphatic carbocycles. The van der Waals surface area contributed by atoms with Crippen LogP contribution in [0.3, 0.4) is 0 Å². The van der Waals surface area contributed by atoms with E-state index < -0.39 is 0 Å². The van der Waals surface area contributed by atoms with Crippen molar-refractivity contribution < 1.29 is 9.59 Å². The lowest BCUT2D eigenvalue weighted by molar-refractivity contribution is -0.133. The molecule has 27 heavy (non-hydrogen) atoms. The molecule has 0 spiro atoms. The summed E-state index contributed by atoms with van der Waals surface area (Å²) in [6, 6.07) is 21.5. The molecule has 138 valence electrons. The van der Waals surface area contributed by atoms with Gasteiger partial charge in [-0.25, -0.2) is 0 Å². The maximum absolute atomic E-state index is 13.4. The van der Waals surface area contributed by atoms with Gasteiger partial charge in [-0.1, -0.05) is 60.7 Å². The number of nitriles is 1. The second-order valence-electron chi connectivity index (χ2n) is 6.65. The van der Waals surface area contributed by atoms with E-state index in [0.717, 1.165) is 17.5 Å². The van der Waals surface area contributed by atoms with E-state index in [9.17, 15) is 9.59 Å². The molecule has 1 saturated heterocycles. The van der Waals surface area contributed by atoms with Gasteiger partial charge in [-0.15, -0.1) is 0 Å². The Kier molecular flexibility index (Phi) is 6.22. The van der Waals surface area contributed by atoms with Crippen molar-refractivity contribution >= 4 is 11.8 Å². The second kappa shape index (κ2) is 9.00. The van der Waals surface area contributed by atoms with Gasteiger partial charge in [0.05, 0.1) is 12.0 Å². The van der Waals surface area contributed by atoms with Crippen LogP contribution in [-0.4, -0.2) is 47.8 Å². The van der Waals surface area contributed by atoms with E-state index in [1.807, 2.05) is 71.6 Å². The first-order valence-electron chi connectivity index (χ1n) is 9.24. The van der Waals surface area contributed by atoms with Crippen molar-refractivity contribution in [2.75, 3.05) is 26.2 Å². The van der Waals surface area contributed by atoms with E-state index in [1.165, 1.54) is 0 Å². The van der Waals surface area contributed by atoms with Crippen molar-refractivity contribution in [3.05, 3.63) is 71.8 Å². The monoisotopic (exact) mass is 361 g/mol. The summed E-state index contributed by atoms with van der Waals surface area (Å²) in [7, 11) is 0. The number of hydrogen-bond donors (Lipinski definition) is 0. The molecule has 5 heteroatoms. The molecule has 0 unspecified atom stereocenters. The Morgan fingerprint density at radius 1 is 0.852 bits per heavy atom. The fourth-order valence-corrected chi connectivity index (χ4v) is 3.52. The largest absolute Gasteiger partial charge is 0.340 e. The zero-order valence-corrected chi connectivity index (χ0v) is 15.3. The van der Waals surface area contributed by atoms with E-state index in [0.29, 0.717) is 26.2 Å². The average Bonchev–Trinajstić information content (AvgIpc) is 2.96. The van der Waals surface area contributed by atoms with Gasteiger partial charge in [-0.3, -0.25) is 9.59 Å². The van der Waals surface area contributed by atoms with E-state index in [2.05, 4.69) is 0 Å². The first-order chi connectivity index (χ1) is 13.2. The first kappa shape index (κ1) is 18.7. The third-order valence-electron chi connectivity index (χ3n) is 4.90. The predicted molar refractivity (Wildman–Crippen MR) is 103 cm³/mol. The highest BCUT2D eigenvalue weighted by Gasteiger charge is 2.29. The Hall–Kier alpha value is -3.13. The van der Waals surface area contributed by atoms with Crippen LogP contribution in [0.15, 0.2) is 60.7 Å². The molecule has 1 aliphatic heterocycles. The minimum atomic E-state index is -0.353. The fourth-order valence-electron chi connectivity index (χ4n) is 3.52. The van der Waals surface area contributed by atoms with Gasteiger partial charge in [0.15, 0.2) is 0 Å². The Bertz CT molecular complexity index is 775. The summed E-state index contributed by atoms with van der Waals surface area (Å²) < 4.78 is 0. The van der Waals surface area contributed by atoms with Gasteiger partial charge in [0.1, 0.15) is 6.42 Å². The van der Waals surface area contributed by atoms with Crippen molar-refractivity contribution in [3.8, 4) is 6.07 Å². The molecule has 5 nitrogen and oxygen atoms in total. The summed E-state index contributed by atoms with van der Waals surface area (Å²) in [5.41, 5.74) is 1.94. The predicted octanol–water partition coefficient (Wildman–Crippen LogP) is 2.79. The van der Waals surface area contributed by atoms with Crippen LogP contribution in [0.2, 0.25) is 0 Å². The summed E-state index contributed by atoms with van der Waals surface area (Å²) in [5.74, 6) is -0.454. The molecule has 1 heterocycles. The van der Waals surface area contributed by atoms with Crippen LogP contribution in [0.5, 0.6) is 0 Å². The van der Waals surface area contributed by atoms with Crippen molar-refractivity contribution in [1.29, 1.82) is 5.26 Å². The number of nitrogens with zero attached hydrogens (tertiary/aromatic N) is 3. The highest BCUT2D eigenvalue weighted by molar-refractivity contribution is 5.87. The van der Waals surface area contributed by atoms with Gasteiger partial charge < -0.3 is 9.80 Å². The fraction of sp³-hybridized carbons (Fsp3) is 0.318. The van der Waals surface area contributed by atoms with Gasteiger partial charge in [0.25, 0.3) is 0 Å². The lowest BCUT2D eigenvalue weighted by atomic mass is 9.90. The third-order valence-corrected chi connectivity index (χ3v) is 4.90. The van der Waals surface area contributed by atoms with E-state index in [4.69, 9.17) is 5.26 Å². The molecule has 3 rings (SSSR count). The van der Waals surface area contributed by atoms with Gasteiger partial charge in [-0.2, -0.15) is 5.26 Å². The summed E-state index contributed by atoms with van der Waals surface area (Å²) in [6.07, 6.45) is 0.615. The van der Waals surface area contributed by atoms with Gasteiger partial charge in [0.2, 0.25) is 11.8 Å². The molecule has 2 aromatic rings. The Labute approximate surface area is 159 Å². The molecule has 0 aromatic heterocycles. The van der Waals surface area contributed by atoms with E-state index in [-0.39, 0.29) is 24.2 Å². The minimum Gasteiger partial charge on any atom is -0.340 e. The molecule has 0 atom stereocenters. The van der Waals surface area contributed by atoms with Crippen molar-refractivity contribution in [2.45, 2.75) is 18.8 Å². The molecule has 2 amide bonds. The molecule has 2 aromatic carbocycles. The Balaban J connectivity index is 1.81.